The van der Waals surface area contributed by atoms with Gasteiger partial charge in [-0.05, 0) is 106 Å². The molecule has 0 radical (unpaired) electrons. The Bertz CT molecular complexity index is 2250. The van der Waals surface area contributed by atoms with E-state index in [4.69, 9.17) is 9.98 Å². The zero-order valence-corrected chi connectivity index (χ0v) is 27.7. The van der Waals surface area contributed by atoms with Crippen LogP contribution in [0.15, 0.2) is 131 Å². The Labute approximate surface area is 282 Å². The molecule has 0 fully saturated rings. The standard InChI is InChI=1S/C44H37N3O/c1-26-24-35-25-36-28(3)39(44-46-42(33-16-10-6-11-17-33)45-43(47-44)34-18-12-7-13-19-34)41(48)29(4)38(36)40(35)37(27(26)2)32-22-20-31(21-23-32)30-14-8-5-9-15-30/h5-24,42,48H,25H2,1-4H3,(H,45,46,47). The number of hydrogen-bond acceptors (Lipinski definition) is 4. The molecule has 1 atom stereocenters. The summed E-state index contributed by atoms with van der Waals surface area (Å²) in [7, 11) is 0. The van der Waals surface area contributed by atoms with Crippen LogP contribution in [0.3, 0.4) is 0 Å². The Morgan fingerprint density at radius 2 is 1.10 bits per heavy atom. The highest BCUT2D eigenvalue weighted by Gasteiger charge is 2.33. The maximum Gasteiger partial charge on any atom is 0.169 e. The molecule has 234 valence electrons. The Hall–Kier alpha value is -5.74. The van der Waals surface area contributed by atoms with Gasteiger partial charge < -0.3 is 10.4 Å². The predicted octanol–water partition coefficient (Wildman–Crippen LogP) is 10.0. The van der Waals surface area contributed by atoms with Crippen molar-refractivity contribution in [1.29, 1.82) is 0 Å². The molecule has 1 aliphatic heterocycles. The van der Waals surface area contributed by atoms with Gasteiger partial charge >= 0.3 is 0 Å². The van der Waals surface area contributed by atoms with E-state index >= 15 is 0 Å². The molecule has 1 heterocycles. The number of phenolic OH excluding ortho intramolecular Hbond substituents is 1. The number of nitrogens with zero attached hydrogens (tertiary/aromatic N) is 2. The summed E-state index contributed by atoms with van der Waals surface area (Å²) in [6.45, 7) is 8.61. The van der Waals surface area contributed by atoms with Crippen LogP contribution in [0.5, 0.6) is 5.75 Å². The third-order valence-corrected chi connectivity index (χ3v) is 10.0. The molecule has 8 rings (SSSR count). The fourth-order valence-corrected chi connectivity index (χ4v) is 7.41. The summed E-state index contributed by atoms with van der Waals surface area (Å²) < 4.78 is 0. The van der Waals surface area contributed by atoms with Gasteiger partial charge in [-0.15, -0.1) is 0 Å². The second-order valence-corrected chi connectivity index (χ2v) is 12.9. The van der Waals surface area contributed by atoms with Gasteiger partial charge in [0.05, 0.1) is 5.56 Å². The van der Waals surface area contributed by atoms with E-state index in [0.717, 1.165) is 45.6 Å². The molecule has 2 N–H and O–H groups in total. The molecule has 1 aliphatic carbocycles. The lowest BCUT2D eigenvalue weighted by Gasteiger charge is -2.25. The van der Waals surface area contributed by atoms with Gasteiger partial charge in [-0.2, -0.15) is 0 Å². The van der Waals surface area contributed by atoms with Crippen LogP contribution in [0.1, 0.15) is 56.2 Å². The summed E-state index contributed by atoms with van der Waals surface area (Å²) in [5.74, 6) is 1.64. The topological polar surface area (TPSA) is 57.0 Å². The summed E-state index contributed by atoms with van der Waals surface area (Å²) in [6, 6.07) is 42.0. The van der Waals surface area contributed by atoms with E-state index in [2.05, 4.69) is 92.8 Å². The van der Waals surface area contributed by atoms with Gasteiger partial charge in [0.1, 0.15) is 17.4 Å². The van der Waals surface area contributed by atoms with Gasteiger partial charge in [0, 0.05) is 5.56 Å². The monoisotopic (exact) mass is 623 g/mol. The van der Waals surface area contributed by atoms with Crippen molar-refractivity contribution in [1.82, 2.24) is 5.32 Å². The Kier molecular flexibility index (Phi) is 7.29. The Morgan fingerprint density at radius 1 is 0.542 bits per heavy atom. The van der Waals surface area contributed by atoms with E-state index < -0.39 is 6.17 Å². The largest absolute Gasteiger partial charge is 0.507 e. The number of hydrogen-bond donors (Lipinski definition) is 2. The summed E-state index contributed by atoms with van der Waals surface area (Å²) >= 11 is 0. The molecule has 48 heavy (non-hydrogen) atoms. The Balaban J connectivity index is 1.27. The summed E-state index contributed by atoms with van der Waals surface area (Å²) in [5.41, 5.74) is 16.9. The lowest BCUT2D eigenvalue weighted by molar-refractivity contribution is 0.469. The number of nitrogens with one attached hydrogen (secondary N) is 1. The van der Waals surface area contributed by atoms with Crippen molar-refractivity contribution in [2.24, 2.45) is 9.98 Å². The zero-order chi connectivity index (χ0) is 32.9. The minimum atomic E-state index is -0.432. The molecule has 6 aromatic carbocycles. The normalized spacial score (nSPS) is 14.9. The van der Waals surface area contributed by atoms with Crippen LogP contribution >= 0.6 is 0 Å². The molecule has 4 heteroatoms. The van der Waals surface area contributed by atoms with Crippen molar-refractivity contribution >= 4 is 11.7 Å². The number of phenols is 1. The predicted molar refractivity (Wildman–Crippen MR) is 198 cm³/mol. The molecule has 0 amide bonds. The molecule has 1 unspecified atom stereocenters. The first-order valence-corrected chi connectivity index (χ1v) is 16.6. The molecule has 0 aromatic heterocycles. The first-order chi connectivity index (χ1) is 23.4. The molecule has 2 aliphatic rings. The average Bonchev–Trinajstić information content (AvgIpc) is 3.51. The SMILES string of the molecule is Cc1cc2c(c(-c3ccc(-c4ccccc4)cc3)c1C)-c1c(C)c(O)c(C3=NC(c4ccccc4)N=C(c4ccccc4)N3)c(C)c1C2. The van der Waals surface area contributed by atoms with E-state index in [9.17, 15) is 5.11 Å². The second-order valence-electron chi connectivity index (χ2n) is 12.9. The highest BCUT2D eigenvalue weighted by molar-refractivity contribution is 6.18. The lowest BCUT2D eigenvalue weighted by atomic mass is 9.85. The molecule has 0 saturated heterocycles. The van der Waals surface area contributed by atoms with Crippen LogP contribution in [0.25, 0.3) is 33.4 Å². The van der Waals surface area contributed by atoms with E-state index in [-0.39, 0.29) is 5.75 Å². The van der Waals surface area contributed by atoms with Crippen molar-refractivity contribution < 1.29 is 5.11 Å². The van der Waals surface area contributed by atoms with Gasteiger partial charge in [-0.3, -0.25) is 0 Å². The van der Waals surface area contributed by atoms with Crippen molar-refractivity contribution in [3.8, 4) is 39.1 Å². The summed E-state index contributed by atoms with van der Waals surface area (Å²) in [6.07, 6.45) is 0.369. The molecular formula is C44H37N3O. The van der Waals surface area contributed by atoms with Crippen molar-refractivity contribution in [3.05, 3.63) is 171 Å². The first kappa shape index (κ1) is 29.6. The number of aromatic hydroxyl groups is 1. The zero-order valence-electron chi connectivity index (χ0n) is 27.7. The van der Waals surface area contributed by atoms with E-state index in [1.54, 1.807) is 0 Å². The second kappa shape index (κ2) is 11.8. The lowest BCUT2D eigenvalue weighted by Crippen LogP contribution is -2.36. The maximum absolute atomic E-state index is 12.1. The fourth-order valence-electron chi connectivity index (χ4n) is 7.41. The van der Waals surface area contributed by atoms with Gasteiger partial charge in [0.15, 0.2) is 6.17 Å². The number of benzene rings is 6. The van der Waals surface area contributed by atoms with Crippen molar-refractivity contribution in [3.63, 3.8) is 0 Å². The van der Waals surface area contributed by atoms with E-state index in [0.29, 0.717) is 5.84 Å². The number of aryl methyl sites for hydroxylation is 1. The van der Waals surface area contributed by atoms with Gasteiger partial charge in [-0.1, -0.05) is 121 Å². The summed E-state index contributed by atoms with van der Waals surface area (Å²) in [4.78, 5) is 10.1. The third kappa shape index (κ3) is 4.92. The van der Waals surface area contributed by atoms with E-state index in [1.165, 1.54) is 50.1 Å². The van der Waals surface area contributed by atoms with Crippen LogP contribution in [-0.4, -0.2) is 16.8 Å². The fraction of sp³-hybridized carbons (Fsp3) is 0.136. The molecule has 0 spiro atoms. The van der Waals surface area contributed by atoms with Crippen molar-refractivity contribution in [2.45, 2.75) is 40.3 Å². The van der Waals surface area contributed by atoms with Gasteiger partial charge in [0.2, 0.25) is 0 Å². The highest BCUT2D eigenvalue weighted by Crippen LogP contribution is 2.51. The summed E-state index contributed by atoms with van der Waals surface area (Å²) in [5, 5.41) is 15.6. The smallest absolute Gasteiger partial charge is 0.169 e. The highest BCUT2D eigenvalue weighted by atomic mass is 16.3. The van der Waals surface area contributed by atoms with E-state index in [1.807, 2.05) is 61.5 Å². The van der Waals surface area contributed by atoms with Crippen LogP contribution in [0, 0.1) is 27.7 Å². The van der Waals surface area contributed by atoms with Gasteiger partial charge in [0.25, 0.3) is 0 Å². The molecule has 6 aromatic rings. The van der Waals surface area contributed by atoms with Crippen LogP contribution in [-0.2, 0) is 6.42 Å². The maximum atomic E-state index is 12.1. The van der Waals surface area contributed by atoms with Crippen LogP contribution in [0.4, 0.5) is 0 Å². The van der Waals surface area contributed by atoms with Crippen molar-refractivity contribution in [2.75, 3.05) is 0 Å². The minimum Gasteiger partial charge on any atom is -0.507 e. The minimum absolute atomic E-state index is 0.259. The number of rotatable bonds is 5. The van der Waals surface area contributed by atoms with Gasteiger partial charge in [-0.25, -0.2) is 9.98 Å². The molecule has 0 bridgehead atoms. The quantitative estimate of drug-likeness (QED) is 0.200. The molecule has 4 nitrogen and oxygen atoms in total. The average molecular weight is 624 g/mol. The Morgan fingerprint density at radius 3 is 1.77 bits per heavy atom. The van der Waals surface area contributed by atoms with Crippen LogP contribution in [0.2, 0.25) is 0 Å². The van der Waals surface area contributed by atoms with Crippen LogP contribution < -0.4 is 5.32 Å². The number of amidine groups is 2. The first-order valence-electron chi connectivity index (χ1n) is 16.6. The molecule has 0 saturated carbocycles. The number of fused-ring (bicyclic) bond motifs is 3. The third-order valence-electron chi connectivity index (χ3n) is 10.0. The number of aliphatic imine (C=N–C) groups is 2. The molecular weight excluding hydrogens is 587 g/mol.